The van der Waals surface area contributed by atoms with Crippen molar-refractivity contribution in [1.82, 2.24) is 0 Å². The number of sulfonamides is 2. The van der Waals surface area contributed by atoms with E-state index in [2.05, 4.69) is 14.6 Å². The van der Waals surface area contributed by atoms with Gasteiger partial charge in [0.25, 0.3) is 20.0 Å². The Hall–Kier alpha value is -2.69. The zero-order valence-corrected chi connectivity index (χ0v) is 24.6. The smallest absolute Gasteiger partial charge is 0.261 e. The van der Waals surface area contributed by atoms with Gasteiger partial charge in [-0.25, -0.2) is 16.8 Å². The number of para-hydroxylation sites is 2. The second-order valence-corrected chi connectivity index (χ2v) is 13.7. The van der Waals surface area contributed by atoms with Crippen molar-refractivity contribution < 1.29 is 22.0 Å². The zero-order valence-electron chi connectivity index (χ0n) is 18.7. The lowest BCUT2D eigenvalue weighted by atomic mass is 10.1. The van der Waals surface area contributed by atoms with Crippen molar-refractivity contribution in [3.63, 3.8) is 0 Å². The summed E-state index contributed by atoms with van der Waals surface area (Å²) in [6.07, 6.45) is 0. The van der Waals surface area contributed by atoms with E-state index < -0.39 is 20.0 Å². The first-order chi connectivity index (χ1) is 17.6. The van der Waals surface area contributed by atoms with E-state index >= 15 is 0 Å². The van der Waals surface area contributed by atoms with E-state index in [1.807, 2.05) is 45.2 Å². The number of hydrogen-bond donors (Lipinski definition) is 3. The van der Waals surface area contributed by atoms with Crippen molar-refractivity contribution in [3.05, 3.63) is 103 Å². The summed E-state index contributed by atoms with van der Waals surface area (Å²) in [5.41, 5.74) is 2.99. The van der Waals surface area contributed by atoms with Crippen LogP contribution in [0.5, 0.6) is 0 Å². The molecule has 0 amide bonds. The van der Waals surface area contributed by atoms with Gasteiger partial charge in [0.2, 0.25) is 0 Å². The van der Waals surface area contributed by atoms with Gasteiger partial charge in [0, 0.05) is 18.3 Å². The quantitative estimate of drug-likeness (QED) is 0.117. The third-order valence-corrected chi connectivity index (χ3v) is 10.3. The van der Waals surface area contributed by atoms with E-state index in [0.717, 1.165) is 7.14 Å². The van der Waals surface area contributed by atoms with Crippen LogP contribution in [-0.4, -0.2) is 27.8 Å². The Balaban J connectivity index is 1.51. The third-order valence-electron chi connectivity index (χ3n) is 5.74. The highest BCUT2D eigenvalue weighted by Crippen LogP contribution is 2.39. The summed E-state index contributed by atoms with van der Waals surface area (Å²) in [5, 5.41) is 13.2. The molecule has 4 aromatic carbocycles. The normalized spacial score (nSPS) is 12.5. The Labute approximate surface area is 241 Å². The molecule has 188 valence electrons. The molecule has 0 radical (unpaired) electrons. The zero-order chi connectivity index (χ0) is 26.4. The van der Waals surface area contributed by atoms with Crippen molar-refractivity contribution >= 4 is 82.3 Å². The fourth-order valence-electron chi connectivity index (χ4n) is 3.99. The number of anilines is 2. The van der Waals surface area contributed by atoms with Crippen LogP contribution < -0.4 is 9.44 Å². The molecule has 1 aliphatic carbocycles. The molecule has 1 aliphatic rings. The molecule has 4 aromatic rings. The van der Waals surface area contributed by atoms with Gasteiger partial charge in [0.05, 0.1) is 21.2 Å². The van der Waals surface area contributed by atoms with E-state index in [9.17, 15) is 22.0 Å². The highest BCUT2D eigenvalue weighted by molar-refractivity contribution is 14.1. The van der Waals surface area contributed by atoms with Crippen molar-refractivity contribution in [2.24, 2.45) is 5.16 Å². The maximum absolute atomic E-state index is 13.1. The molecule has 3 N–H and O–H groups in total. The topological polar surface area (TPSA) is 125 Å². The fraction of sp³-hybridized carbons (Fsp3) is 0. The monoisotopic (exact) mass is 757 g/mol. The Morgan fingerprint density at radius 2 is 1.00 bits per heavy atom. The molecule has 0 bridgehead atoms. The molecule has 0 heterocycles. The van der Waals surface area contributed by atoms with Crippen molar-refractivity contribution in [2.45, 2.75) is 9.79 Å². The summed E-state index contributed by atoms with van der Waals surface area (Å²) in [4.78, 5) is -0.0407. The highest BCUT2D eigenvalue weighted by Gasteiger charge is 2.30. The average molecular weight is 757 g/mol. The first-order valence-corrected chi connectivity index (χ1v) is 15.8. The van der Waals surface area contributed by atoms with Gasteiger partial charge in [-0.1, -0.05) is 41.6 Å². The summed E-state index contributed by atoms with van der Waals surface area (Å²) in [6.45, 7) is 0. The van der Waals surface area contributed by atoms with Crippen LogP contribution in [0.25, 0.3) is 11.1 Å². The largest absolute Gasteiger partial charge is 0.410 e. The van der Waals surface area contributed by atoms with Gasteiger partial charge in [-0.3, -0.25) is 9.44 Å². The van der Waals surface area contributed by atoms with Crippen LogP contribution in [0, 0.1) is 7.14 Å². The molecule has 8 nitrogen and oxygen atoms in total. The number of fused-ring (bicyclic) bond motifs is 3. The highest BCUT2D eigenvalue weighted by atomic mass is 127. The number of nitrogens with one attached hydrogen (secondary N) is 2. The number of hydrogen-bond acceptors (Lipinski definition) is 6. The summed E-state index contributed by atoms with van der Waals surface area (Å²) in [6, 6.07) is 23.0. The molecule has 0 atom stereocenters. The molecule has 0 spiro atoms. The molecular formula is C25H17I2N3O5S2. The van der Waals surface area contributed by atoms with E-state index in [0.29, 0.717) is 33.6 Å². The summed E-state index contributed by atoms with van der Waals surface area (Å²) in [5.74, 6) is 0. The van der Waals surface area contributed by atoms with Crippen molar-refractivity contribution in [2.75, 3.05) is 9.44 Å². The number of halogens is 2. The molecule has 12 heteroatoms. The first kappa shape index (κ1) is 25.9. The van der Waals surface area contributed by atoms with E-state index in [4.69, 9.17) is 0 Å². The van der Waals surface area contributed by atoms with Crippen molar-refractivity contribution in [1.29, 1.82) is 0 Å². The summed E-state index contributed by atoms with van der Waals surface area (Å²) in [7, 11) is -7.89. The molecular weight excluding hydrogens is 740 g/mol. The molecule has 0 aliphatic heterocycles. The number of benzene rings is 4. The Kier molecular flexibility index (Phi) is 6.93. The van der Waals surface area contributed by atoms with Crippen LogP contribution >= 0.6 is 45.2 Å². The lowest BCUT2D eigenvalue weighted by Crippen LogP contribution is -2.15. The summed E-state index contributed by atoms with van der Waals surface area (Å²) < 4.78 is 59.0. The Bertz CT molecular complexity index is 1680. The van der Waals surface area contributed by atoms with Crippen LogP contribution in [0.15, 0.2) is 99.9 Å². The lowest BCUT2D eigenvalue weighted by Gasteiger charge is -2.11. The first-order valence-electron chi connectivity index (χ1n) is 10.7. The minimum atomic E-state index is -3.94. The van der Waals surface area contributed by atoms with Gasteiger partial charge in [-0.15, -0.1) is 0 Å². The molecule has 0 aromatic heterocycles. The minimum Gasteiger partial charge on any atom is -0.410 e. The summed E-state index contributed by atoms with van der Waals surface area (Å²) >= 11 is 4.09. The molecule has 0 fully saturated rings. The molecule has 0 unspecified atom stereocenters. The number of oxime groups is 1. The predicted molar refractivity (Wildman–Crippen MR) is 159 cm³/mol. The van der Waals surface area contributed by atoms with Gasteiger partial charge < -0.3 is 5.21 Å². The van der Waals surface area contributed by atoms with Crippen LogP contribution in [0.1, 0.15) is 11.1 Å². The van der Waals surface area contributed by atoms with E-state index in [1.54, 1.807) is 60.7 Å². The second kappa shape index (κ2) is 9.89. The maximum atomic E-state index is 13.1. The van der Waals surface area contributed by atoms with E-state index in [-0.39, 0.29) is 15.5 Å². The Morgan fingerprint density at radius 3 is 1.38 bits per heavy atom. The maximum Gasteiger partial charge on any atom is 0.261 e. The minimum absolute atomic E-state index is 0.0203. The van der Waals surface area contributed by atoms with Gasteiger partial charge in [-0.05, 0) is 105 Å². The predicted octanol–water partition coefficient (Wildman–Crippen LogP) is 5.70. The Morgan fingerprint density at radius 1 is 0.595 bits per heavy atom. The average Bonchev–Trinajstić information content (AvgIpc) is 3.19. The lowest BCUT2D eigenvalue weighted by molar-refractivity contribution is 0.320. The molecule has 0 saturated heterocycles. The van der Waals surface area contributed by atoms with Gasteiger partial charge >= 0.3 is 0 Å². The van der Waals surface area contributed by atoms with Gasteiger partial charge in [0.1, 0.15) is 5.71 Å². The third kappa shape index (κ3) is 4.94. The van der Waals surface area contributed by atoms with Crippen LogP contribution in [-0.2, 0) is 20.0 Å². The number of rotatable bonds is 6. The van der Waals surface area contributed by atoms with E-state index in [1.165, 1.54) is 24.3 Å². The van der Waals surface area contributed by atoms with Gasteiger partial charge in [0.15, 0.2) is 0 Å². The van der Waals surface area contributed by atoms with Gasteiger partial charge in [-0.2, -0.15) is 0 Å². The van der Waals surface area contributed by atoms with Crippen LogP contribution in [0.4, 0.5) is 11.4 Å². The standard InChI is InChI=1S/C25H17I2N3O5S2/c26-21-5-1-3-7-23(21)29-36(32,33)15-9-11-17-18-12-10-16(14-20(18)25(28-31)19(17)13-15)37(34,35)30-24-8-4-2-6-22(24)27/h1-14,29-31H. The fourth-order valence-corrected chi connectivity index (χ4v) is 7.61. The number of nitrogens with zero attached hydrogens (tertiary/aromatic N) is 1. The van der Waals surface area contributed by atoms with Crippen LogP contribution in [0.3, 0.4) is 0 Å². The SMILES string of the molecule is O=S(=O)(Nc1ccccc1I)c1ccc2c(c1)C(=NO)c1cc(S(=O)(=O)Nc3ccccc3I)ccc1-2. The second-order valence-electron chi connectivity index (χ2n) is 8.03. The molecule has 37 heavy (non-hydrogen) atoms. The molecule has 5 rings (SSSR count). The molecule has 0 saturated carbocycles. The van der Waals surface area contributed by atoms with Crippen molar-refractivity contribution in [3.8, 4) is 11.1 Å². The van der Waals surface area contributed by atoms with Crippen LogP contribution in [0.2, 0.25) is 0 Å².